The van der Waals surface area contributed by atoms with E-state index in [0.29, 0.717) is 0 Å². The molecular formula is C13H18O. The average Bonchev–Trinajstić information content (AvgIpc) is 2.63. The van der Waals surface area contributed by atoms with E-state index in [4.69, 9.17) is 4.42 Å². The standard InChI is InChI=1S/C11H12O.C2H6/c1-2-5-10-8-9-6-3-4-7-11(9)12-10;1-2/h3-4,6-8H,2,5H2,1H3;1-2H3. The second-order valence-electron chi connectivity index (χ2n) is 3.00. The Morgan fingerprint density at radius 3 is 2.50 bits per heavy atom. The molecule has 0 aliphatic carbocycles. The molecule has 0 saturated carbocycles. The summed E-state index contributed by atoms with van der Waals surface area (Å²) in [6, 6.07) is 10.3. The highest BCUT2D eigenvalue weighted by Gasteiger charge is 2.00. The molecule has 0 amide bonds. The lowest BCUT2D eigenvalue weighted by molar-refractivity contribution is 0.544. The molecule has 2 rings (SSSR count). The number of furan rings is 1. The SMILES string of the molecule is CC.CCCc1cc2ccccc2o1. The highest BCUT2D eigenvalue weighted by atomic mass is 16.3. The number of hydrogen-bond donors (Lipinski definition) is 0. The summed E-state index contributed by atoms with van der Waals surface area (Å²) in [5.74, 6) is 1.10. The summed E-state index contributed by atoms with van der Waals surface area (Å²) >= 11 is 0. The molecule has 0 aliphatic heterocycles. The smallest absolute Gasteiger partial charge is 0.134 e. The van der Waals surface area contributed by atoms with Gasteiger partial charge in [-0.1, -0.05) is 39.0 Å². The molecule has 0 saturated heterocycles. The Labute approximate surface area is 85.7 Å². The van der Waals surface area contributed by atoms with E-state index in [1.165, 1.54) is 5.39 Å². The number of benzene rings is 1. The fourth-order valence-corrected chi connectivity index (χ4v) is 1.41. The molecule has 0 fully saturated rings. The van der Waals surface area contributed by atoms with Crippen molar-refractivity contribution in [3.63, 3.8) is 0 Å². The van der Waals surface area contributed by atoms with Crippen molar-refractivity contribution in [3.8, 4) is 0 Å². The van der Waals surface area contributed by atoms with E-state index in [-0.39, 0.29) is 0 Å². The van der Waals surface area contributed by atoms with Crippen LogP contribution in [0.3, 0.4) is 0 Å². The molecule has 0 spiro atoms. The number of hydrogen-bond acceptors (Lipinski definition) is 1. The summed E-state index contributed by atoms with van der Waals surface area (Å²) in [6.07, 6.45) is 2.18. The van der Waals surface area contributed by atoms with Gasteiger partial charge in [-0.3, -0.25) is 0 Å². The number of para-hydroxylation sites is 1. The van der Waals surface area contributed by atoms with E-state index in [1.807, 2.05) is 32.0 Å². The highest BCUT2D eigenvalue weighted by Crippen LogP contribution is 2.19. The van der Waals surface area contributed by atoms with Crippen LogP contribution in [0.25, 0.3) is 11.0 Å². The van der Waals surface area contributed by atoms with E-state index >= 15 is 0 Å². The molecule has 2 aromatic rings. The van der Waals surface area contributed by atoms with Gasteiger partial charge in [-0.15, -0.1) is 0 Å². The highest BCUT2D eigenvalue weighted by molar-refractivity contribution is 5.77. The van der Waals surface area contributed by atoms with Crippen molar-refractivity contribution in [2.45, 2.75) is 33.6 Å². The first-order valence-corrected chi connectivity index (χ1v) is 5.37. The maximum Gasteiger partial charge on any atom is 0.134 e. The van der Waals surface area contributed by atoms with Gasteiger partial charge >= 0.3 is 0 Å². The topological polar surface area (TPSA) is 13.1 Å². The van der Waals surface area contributed by atoms with Crippen LogP contribution in [0.5, 0.6) is 0 Å². The Morgan fingerprint density at radius 1 is 1.14 bits per heavy atom. The lowest BCUT2D eigenvalue weighted by atomic mass is 10.2. The molecule has 0 N–H and O–H groups in total. The third-order valence-electron chi connectivity index (χ3n) is 1.97. The molecule has 1 nitrogen and oxygen atoms in total. The maximum absolute atomic E-state index is 5.61. The van der Waals surface area contributed by atoms with Crippen molar-refractivity contribution < 1.29 is 4.42 Å². The van der Waals surface area contributed by atoms with E-state index in [9.17, 15) is 0 Å². The van der Waals surface area contributed by atoms with Crippen LogP contribution in [0.1, 0.15) is 33.0 Å². The van der Waals surface area contributed by atoms with Crippen LogP contribution in [0, 0.1) is 0 Å². The zero-order valence-electron chi connectivity index (χ0n) is 9.21. The second kappa shape index (κ2) is 5.48. The molecule has 0 atom stereocenters. The van der Waals surface area contributed by atoms with E-state index in [1.54, 1.807) is 0 Å². The molecule has 1 aromatic carbocycles. The lowest BCUT2D eigenvalue weighted by Crippen LogP contribution is -1.74. The maximum atomic E-state index is 5.61. The zero-order chi connectivity index (χ0) is 10.4. The Kier molecular flexibility index (Phi) is 4.24. The monoisotopic (exact) mass is 190 g/mol. The van der Waals surface area contributed by atoms with Crippen LogP contribution in [-0.4, -0.2) is 0 Å². The number of rotatable bonds is 2. The molecule has 76 valence electrons. The normalized spacial score (nSPS) is 9.64. The van der Waals surface area contributed by atoms with Crippen molar-refractivity contribution in [1.29, 1.82) is 0 Å². The van der Waals surface area contributed by atoms with Gasteiger partial charge < -0.3 is 4.42 Å². The van der Waals surface area contributed by atoms with E-state index in [2.05, 4.69) is 19.1 Å². The molecule has 0 aliphatic rings. The Bertz CT molecular complexity index is 340. The minimum Gasteiger partial charge on any atom is -0.461 e. The number of fused-ring (bicyclic) bond motifs is 1. The van der Waals surface area contributed by atoms with Crippen LogP contribution >= 0.6 is 0 Å². The van der Waals surface area contributed by atoms with Gasteiger partial charge in [-0.2, -0.15) is 0 Å². The summed E-state index contributed by atoms with van der Waals surface area (Å²) < 4.78 is 5.61. The average molecular weight is 190 g/mol. The van der Waals surface area contributed by atoms with E-state index < -0.39 is 0 Å². The molecule has 1 heteroatoms. The summed E-state index contributed by atoms with van der Waals surface area (Å²) in [4.78, 5) is 0. The molecule has 0 unspecified atom stereocenters. The van der Waals surface area contributed by atoms with Crippen molar-refractivity contribution in [2.75, 3.05) is 0 Å². The van der Waals surface area contributed by atoms with Crippen molar-refractivity contribution in [3.05, 3.63) is 36.1 Å². The fraction of sp³-hybridized carbons (Fsp3) is 0.385. The van der Waals surface area contributed by atoms with Gasteiger partial charge in [0.2, 0.25) is 0 Å². The van der Waals surface area contributed by atoms with Crippen LogP contribution < -0.4 is 0 Å². The molecular weight excluding hydrogens is 172 g/mol. The van der Waals surface area contributed by atoms with Crippen molar-refractivity contribution >= 4 is 11.0 Å². The van der Waals surface area contributed by atoms with Gasteiger partial charge in [0, 0.05) is 11.8 Å². The Hall–Kier alpha value is -1.24. The molecule has 0 bridgehead atoms. The van der Waals surface area contributed by atoms with Gasteiger partial charge in [0.25, 0.3) is 0 Å². The summed E-state index contributed by atoms with van der Waals surface area (Å²) in [5.41, 5.74) is 1.00. The third kappa shape index (κ3) is 2.38. The van der Waals surface area contributed by atoms with Crippen molar-refractivity contribution in [2.24, 2.45) is 0 Å². The van der Waals surface area contributed by atoms with Crippen LogP contribution in [0.2, 0.25) is 0 Å². The van der Waals surface area contributed by atoms with Crippen LogP contribution in [0.15, 0.2) is 34.7 Å². The first kappa shape index (κ1) is 10.8. The minimum atomic E-state index is 1.00. The van der Waals surface area contributed by atoms with Gasteiger partial charge in [0.05, 0.1) is 0 Å². The number of aryl methyl sites for hydroxylation is 1. The molecule has 14 heavy (non-hydrogen) atoms. The Morgan fingerprint density at radius 2 is 1.86 bits per heavy atom. The Balaban J connectivity index is 0.000000461. The summed E-state index contributed by atoms with van der Waals surface area (Å²) in [7, 11) is 0. The van der Waals surface area contributed by atoms with Crippen LogP contribution in [-0.2, 0) is 6.42 Å². The lowest BCUT2D eigenvalue weighted by Gasteiger charge is -1.87. The quantitative estimate of drug-likeness (QED) is 0.683. The van der Waals surface area contributed by atoms with Gasteiger partial charge in [-0.25, -0.2) is 0 Å². The minimum absolute atomic E-state index is 1.00. The third-order valence-corrected chi connectivity index (χ3v) is 1.97. The largest absolute Gasteiger partial charge is 0.461 e. The predicted molar refractivity (Wildman–Crippen MR) is 61.6 cm³/mol. The first-order valence-electron chi connectivity index (χ1n) is 5.37. The van der Waals surface area contributed by atoms with E-state index in [0.717, 1.165) is 24.2 Å². The van der Waals surface area contributed by atoms with Crippen LogP contribution in [0.4, 0.5) is 0 Å². The van der Waals surface area contributed by atoms with Gasteiger partial charge in [0.1, 0.15) is 11.3 Å². The summed E-state index contributed by atoms with van der Waals surface area (Å²) in [6.45, 7) is 6.16. The molecule has 1 aromatic heterocycles. The first-order chi connectivity index (χ1) is 6.90. The van der Waals surface area contributed by atoms with Gasteiger partial charge in [-0.05, 0) is 18.6 Å². The predicted octanol–water partition coefficient (Wildman–Crippen LogP) is 4.41. The zero-order valence-corrected chi connectivity index (χ0v) is 9.21. The molecule has 0 radical (unpaired) electrons. The summed E-state index contributed by atoms with van der Waals surface area (Å²) in [5, 5.41) is 1.21. The second-order valence-corrected chi connectivity index (χ2v) is 3.00. The van der Waals surface area contributed by atoms with Gasteiger partial charge in [0.15, 0.2) is 0 Å². The fourth-order valence-electron chi connectivity index (χ4n) is 1.41. The molecule has 1 heterocycles. The van der Waals surface area contributed by atoms with Crippen molar-refractivity contribution in [1.82, 2.24) is 0 Å².